The largest absolute Gasteiger partial charge is 0.497 e. The minimum atomic E-state index is -0.267. The highest BCUT2D eigenvalue weighted by molar-refractivity contribution is 5.97. The zero-order valence-electron chi connectivity index (χ0n) is 16.2. The molecule has 0 heterocycles. The van der Waals surface area contributed by atoms with Crippen LogP contribution in [0.4, 0.5) is 5.69 Å². The van der Waals surface area contributed by atoms with E-state index in [1.165, 1.54) is 0 Å². The van der Waals surface area contributed by atoms with Crippen molar-refractivity contribution in [2.45, 2.75) is 32.2 Å². The van der Waals surface area contributed by atoms with Crippen LogP contribution in [-0.4, -0.2) is 31.6 Å². The lowest BCUT2D eigenvalue weighted by Gasteiger charge is -2.21. The van der Waals surface area contributed by atoms with Crippen LogP contribution in [-0.2, 0) is 4.79 Å². The quantitative estimate of drug-likeness (QED) is 0.767. The Kier molecular flexibility index (Phi) is 6.53. The first kappa shape index (κ1) is 19.7. The van der Waals surface area contributed by atoms with Crippen LogP contribution in [0.3, 0.4) is 0 Å². The Morgan fingerprint density at radius 3 is 2.54 bits per heavy atom. The summed E-state index contributed by atoms with van der Waals surface area (Å²) in [7, 11) is 1.58. The Morgan fingerprint density at radius 1 is 1.07 bits per heavy atom. The van der Waals surface area contributed by atoms with E-state index in [4.69, 9.17) is 9.47 Å². The predicted molar refractivity (Wildman–Crippen MR) is 108 cm³/mol. The fourth-order valence-corrected chi connectivity index (χ4v) is 3.52. The Hall–Kier alpha value is -3.02. The smallest absolute Gasteiger partial charge is 0.251 e. The summed E-state index contributed by atoms with van der Waals surface area (Å²) < 4.78 is 10.7. The molecule has 0 spiro atoms. The zero-order valence-corrected chi connectivity index (χ0v) is 16.2. The molecular weight excluding hydrogens is 356 g/mol. The third kappa shape index (κ3) is 4.63. The molecule has 1 saturated carbocycles. The maximum absolute atomic E-state index is 12.8. The van der Waals surface area contributed by atoms with E-state index in [1.54, 1.807) is 31.4 Å². The molecule has 2 aromatic rings. The van der Waals surface area contributed by atoms with Crippen molar-refractivity contribution in [1.82, 2.24) is 5.32 Å². The van der Waals surface area contributed by atoms with Crippen LogP contribution in [0.1, 0.15) is 36.5 Å². The Balaban J connectivity index is 1.65. The molecule has 0 aliphatic heterocycles. The molecule has 1 aliphatic carbocycles. The highest BCUT2D eigenvalue weighted by atomic mass is 16.5. The molecular formula is C22H26N2O4. The Labute approximate surface area is 165 Å². The maximum atomic E-state index is 12.8. The highest BCUT2D eigenvalue weighted by Gasteiger charge is 2.34. The van der Waals surface area contributed by atoms with Crippen molar-refractivity contribution in [2.75, 3.05) is 19.0 Å². The van der Waals surface area contributed by atoms with E-state index < -0.39 is 0 Å². The average Bonchev–Trinajstić information content (AvgIpc) is 3.18. The third-order valence-corrected chi connectivity index (χ3v) is 4.97. The van der Waals surface area contributed by atoms with E-state index in [0.717, 1.165) is 19.3 Å². The molecule has 1 fully saturated rings. The Bertz CT molecular complexity index is 820. The lowest BCUT2D eigenvalue weighted by molar-refractivity contribution is -0.120. The number of methoxy groups -OCH3 is 1. The highest BCUT2D eigenvalue weighted by Crippen LogP contribution is 2.30. The van der Waals surface area contributed by atoms with E-state index in [9.17, 15) is 9.59 Å². The number of para-hydroxylation sites is 2. The molecule has 0 saturated heterocycles. The monoisotopic (exact) mass is 382 g/mol. The van der Waals surface area contributed by atoms with Crippen molar-refractivity contribution in [2.24, 2.45) is 5.92 Å². The van der Waals surface area contributed by atoms with E-state index in [-0.39, 0.29) is 23.8 Å². The summed E-state index contributed by atoms with van der Waals surface area (Å²) in [5.74, 6) is 0.807. The number of hydrogen-bond acceptors (Lipinski definition) is 4. The van der Waals surface area contributed by atoms with Gasteiger partial charge in [0.05, 0.1) is 25.3 Å². The van der Waals surface area contributed by atoms with Crippen LogP contribution >= 0.6 is 0 Å². The minimum Gasteiger partial charge on any atom is -0.497 e. The maximum Gasteiger partial charge on any atom is 0.251 e. The summed E-state index contributed by atoms with van der Waals surface area (Å²) in [6, 6.07) is 14.1. The minimum absolute atomic E-state index is 0.0929. The van der Waals surface area contributed by atoms with Crippen molar-refractivity contribution in [3.63, 3.8) is 0 Å². The zero-order chi connectivity index (χ0) is 19.9. The molecule has 0 unspecified atom stereocenters. The molecule has 2 amide bonds. The van der Waals surface area contributed by atoms with Crippen molar-refractivity contribution in [3.8, 4) is 11.5 Å². The van der Waals surface area contributed by atoms with Crippen molar-refractivity contribution >= 4 is 17.5 Å². The Morgan fingerprint density at radius 2 is 1.82 bits per heavy atom. The molecule has 0 bridgehead atoms. The second-order valence-electron chi connectivity index (χ2n) is 6.76. The lowest BCUT2D eigenvalue weighted by Crippen LogP contribution is -2.42. The number of ether oxygens (including phenoxy) is 2. The van der Waals surface area contributed by atoms with Gasteiger partial charge in [-0.2, -0.15) is 0 Å². The number of anilines is 1. The van der Waals surface area contributed by atoms with Gasteiger partial charge in [0.2, 0.25) is 5.91 Å². The van der Waals surface area contributed by atoms with Crippen LogP contribution in [0.2, 0.25) is 0 Å². The van der Waals surface area contributed by atoms with Crippen LogP contribution in [0.25, 0.3) is 0 Å². The third-order valence-electron chi connectivity index (χ3n) is 4.97. The molecule has 3 rings (SSSR count). The summed E-state index contributed by atoms with van der Waals surface area (Å²) in [5.41, 5.74) is 1.20. The number of rotatable bonds is 7. The molecule has 2 N–H and O–H groups in total. The predicted octanol–water partition coefficient (Wildman–Crippen LogP) is 3.63. The van der Waals surface area contributed by atoms with Gasteiger partial charge in [-0.15, -0.1) is 0 Å². The SMILES string of the molecule is CCOc1ccccc1NC(=O)[C@H]1CCC[C@H]1NC(=O)c1ccc(OC)cc1. The summed E-state index contributed by atoms with van der Waals surface area (Å²) in [5, 5.41) is 5.98. The number of benzene rings is 2. The van der Waals surface area contributed by atoms with E-state index in [1.807, 2.05) is 31.2 Å². The topological polar surface area (TPSA) is 76.7 Å². The van der Waals surface area contributed by atoms with Crippen LogP contribution in [0, 0.1) is 5.92 Å². The molecule has 2 aromatic carbocycles. The molecule has 0 aromatic heterocycles. The van der Waals surface area contributed by atoms with Crippen LogP contribution in [0.15, 0.2) is 48.5 Å². The number of carbonyl (C=O) groups excluding carboxylic acids is 2. The molecule has 148 valence electrons. The van der Waals surface area contributed by atoms with Crippen LogP contribution < -0.4 is 20.1 Å². The van der Waals surface area contributed by atoms with Crippen LogP contribution in [0.5, 0.6) is 11.5 Å². The fourth-order valence-electron chi connectivity index (χ4n) is 3.52. The summed E-state index contributed by atoms with van der Waals surface area (Å²) in [6.45, 7) is 2.43. The number of hydrogen-bond donors (Lipinski definition) is 2. The average molecular weight is 382 g/mol. The van der Waals surface area contributed by atoms with Gasteiger partial charge in [-0.3, -0.25) is 9.59 Å². The first-order valence-corrected chi connectivity index (χ1v) is 9.60. The lowest BCUT2D eigenvalue weighted by atomic mass is 10.0. The standard InChI is InChI=1S/C22H26N2O4/c1-3-28-20-10-5-4-8-19(20)24-22(26)17-7-6-9-18(17)23-21(25)15-11-13-16(27-2)14-12-15/h4-5,8,10-14,17-18H,3,6-7,9H2,1-2H3,(H,23,25)(H,24,26)/t17-,18+/m0/s1. The number of carbonyl (C=O) groups is 2. The molecule has 1 aliphatic rings. The first-order valence-electron chi connectivity index (χ1n) is 9.60. The molecule has 6 heteroatoms. The molecule has 0 radical (unpaired) electrons. The van der Waals surface area contributed by atoms with Gasteiger partial charge in [0, 0.05) is 11.6 Å². The second kappa shape index (κ2) is 9.26. The molecule has 2 atom stereocenters. The van der Waals surface area contributed by atoms with Gasteiger partial charge >= 0.3 is 0 Å². The first-order chi connectivity index (χ1) is 13.6. The molecule has 6 nitrogen and oxygen atoms in total. The molecule has 28 heavy (non-hydrogen) atoms. The summed E-state index contributed by atoms with van der Waals surface area (Å²) in [6.07, 6.45) is 2.43. The van der Waals surface area contributed by atoms with E-state index in [0.29, 0.717) is 29.4 Å². The fraction of sp³-hybridized carbons (Fsp3) is 0.364. The van der Waals surface area contributed by atoms with Gasteiger partial charge in [0.15, 0.2) is 0 Å². The van der Waals surface area contributed by atoms with Crippen molar-refractivity contribution < 1.29 is 19.1 Å². The van der Waals surface area contributed by atoms with E-state index in [2.05, 4.69) is 10.6 Å². The summed E-state index contributed by atoms with van der Waals surface area (Å²) in [4.78, 5) is 25.4. The number of amides is 2. The van der Waals surface area contributed by atoms with Gasteiger partial charge in [-0.05, 0) is 56.2 Å². The summed E-state index contributed by atoms with van der Waals surface area (Å²) >= 11 is 0. The second-order valence-corrected chi connectivity index (χ2v) is 6.76. The normalized spacial score (nSPS) is 18.4. The van der Waals surface area contributed by atoms with Gasteiger partial charge in [0.25, 0.3) is 5.91 Å². The number of nitrogens with one attached hydrogen (secondary N) is 2. The van der Waals surface area contributed by atoms with Crippen molar-refractivity contribution in [3.05, 3.63) is 54.1 Å². The van der Waals surface area contributed by atoms with Gasteiger partial charge in [0.1, 0.15) is 11.5 Å². The van der Waals surface area contributed by atoms with E-state index >= 15 is 0 Å². The van der Waals surface area contributed by atoms with Gasteiger partial charge in [-0.25, -0.2) is 0 Å². The van der Waals surface area contributed by atoms with Gasteiger partial charge in [-0.1, -0.05) is 18.6 Å². The van der Waals surface area contributed by atoms with Crippen molar-refractivity contribution in [1.29, 1.82) is 0 Å². The van der Waals surface area contributed by atoms with Gasteiger partial charge < -0.3 is 20.1 Å².